The van der Waals surface area contributed by atoms with Gasteiger partial charge in [0.05, 0.1) is 12.7 Å². The van der Waals surface area contributed by atoms with Crippen LogP contribution in [0.25, 0.3) is 0 Å². The lowest BCUT2D eigenvalue weighted by atomic mass is 10.2. The van der Waals surface area contributed by atoms with E-state index in [4.69, 9.17) is 9.15 Å². The predicted octanol–water partition coefficient (Wildman–Crippen LogP) is 3.43. The van der Waals surface area contributed by atoms with Crippen molar-refractivity contribution in [2.24, 2.45) is 0 Å². The number of rotatable bonds is 6. The second-order valence-electron chi connectivity index (χ2n) is 4.20. The molecule has 2 rings (SSSR count). The maximum atomic E-state index is 5.70. The van der Waals surface area contributed by atoms with Crippen LogP contribution in [0.1, 0.15) is 24.0 Å². The highest BCUT2D eigenvalue weighted by Crippen LogP contribution is 2.20. The smallest absolute Gasteiger partial charge is 0.139 e. The first kappa shape index (κ1) is 14.1. The minimum atomic E-state index is 0.486. The Balaban J connectivity index is 1.97. The highest BCUT2D eigenvalue weighted by atomic mass is 79.9. The standard InChI is InChI=1S/C14H17BrN2O2/c1-3-16-8-14-4-11(10(2)19-14)9-18-13-5-12(15)6-17-7-13/h4-7,16H,3,8-9H2,1-2H3. The van der Waals surface area contributed by atoms with Crippen LogP contribution in [0.15, 0.2) is 33.4 Å². The highest BCUT2D eigenvalue weighted by Gasteiger charge is 2.08. The van der Waals surface area contributed by atoms with E-state index >= 15 is 0 Å². The lowest BCUT2D eigenvalue weighted by Gasteiger charge is -2.04. The molecule has 4 nitrogen and oxygen atoms in total. The third kappa shape index (κ3) is 4.08. The van der Waals surface area contributed by atoms with Crippen molar-refractivity contribution in [3.63, 3.8) is 0 Å². The molecule has 0 atom stereocenters. The third-order valence-corrected chi connectivity index (χ3v) is 3.13. The summed E-state index contributed by atoms with van der Waals surface area (Å²) in [4.78, 5) is 4.06. The molecule has 0 radical (unpaired) electrons. The quantitative estimate of drug-likeness (QED) is 0.884. The van der Waals surface area contributed by atoms with Gasteiger partial charge in [0, 0.05) is 16.2 Å². The Morgan fingerprint density at radius 3 is 2.95 bits per heavy atom. The molecule has 0 saturated carbocycles. The molecule has 102 valence electrons. The van der Waals surface area contributed by atoms with Gasteiger partial charge in [-0.3, -0.25) is 4.98 Å². The molecule has 0 aliphatic heterocycles. The Hall–Kier alpha value is -1.33. The van der Waals surface area contributed by atoms with E-state index < -0.39 is 0 Å². The van der Waals surface area contributed by atoms with Crippen molar-refractivity contribution in [3.05, 3.63) is 46.1 Å². The van der Waals surface area contributed by atoms with E-state index in [0.717, 1.165) is 40.4 Å². The Morgan fingerprint density at radius 1 is 1.37 bits per heavy atom. The molecule has 0 aliphatic carbocycles. The van der Waals surface area contributed by atoms with Gasteiger partial charge >= 0.3 is 0 Å². The zero-order chi connectivity index (χ0) is 13.7. The van der Waals surface area contributed by atoms with Gasteiger partial charge in [-0.15, -0.1) is 0 Å². The third-order valence-electron chi connectivity index (χ3n) is 2.69. The van der Waals surface area contributed by atoms with Gasteiger partial charge in [-0.05, 0) is 41.5 Å². The fourth-order valence-electron chi connectivity index (χ4n) is 1.70. The summed E-state index contributed by atoms with van der Waals surface area (Å²) in [6.07, 6.45) is 3.42. The minimum Gasteiger partial charge on any atom is -0.487 e. The maximum absolute atomic E-state index is 5.70. The summed E-state index contributed by atoms with van der Waals surface area (Å²) in [6, 6.07) is 3.92. The number of halogens is 1. The number of aromatic nitrogens is 1. The van der Waals surface area contributed by atoms with E-state index in [1.54, 1.807) is 12.4 Å². The second-order valence-corrected chi connectivity index (χ2v) is 5.12. The summed E-state index contributed by atoms with van der Waals surface area (Å²) in [5.41, 5.74) is 1.06. The molecule has 2 aromatic heterocycles. The SMILES string of the molecule is CCNCc1cc(COc2cncc(Br)c2)c(C)o1. The first-order chi connectivity index (χ1) is 9.19. The largest absolute Gasteiger partial charge is 0.487 e. The highest BCUT2D eigenvalue weighted by molar-refractivity contribution is 9.10. The Bertz CT molecular complexity index is 540. The molecule has 0 unspecified atom stereocenters. The van der Waals surface area contributed by atoms with Gasteiger partial charge in [0.2, 0.25) is 0 Å². The van der Waals surface area contributed by atoms with Gasteiger partial charge in [0.1, 0.15) is 23.9 Å². The molecule has 19 heavy (non-hydrogen) atoms. The molecule has 0 aliphatic rings. The topological polar surface area (TPSA) is 47.3 Å². The van der Waals surface area contributed by atoms with Crippen LogP contribution >= 0.6 is 15.9 Å². The number of aryl methyl sites for hydroxylation is 1. The number of ether oxygens (including phenoxy) is 1. The van der Waals surface area contributed by atoms with Crippen LogP contribution in [-0.2, 0) is 13.2 Å². The van der Waals surface area contributed by atoms with Crippen molar-refractivity contribution >= 4 is 15.9 Å². The molecule has 0 spiro atoms. The monoisotopic (exact) mass is 324 g/mol. The van der Waals surface area contributed by atoms with Gasteiger partial charge < -0.3 is 14.5 Å². The number of nitrogens with one attached hydrogen (secondary N) is 1. The van der Waals surface area contributed by atoms with Crippen LogP contribution in [0, 0.1) is 6.92 Å². The molecule has 0 saturated heterocycles. The number of hydrogen-bond donors (Lipinski definition) is 1. The summed E-state index contributed by atoms with van der Waals surface area (Å²) in [5, 5.41) is 3.24. The summed E-state index contributed by atoms with van der Waals surface area (Å²) in [7, 11) is 0. The number of furan rings is 1. The van der Waals surface area contributed by atoms with Gasteiger partial charge in [0.25, 0.3) is 0 Å². The molecule has 1 N–H and O–H groups in total. The van der Waals surface area contributed by atoms with E-state index in [9.17, 15) is 0 Å². The van der Waals surface area contributed by atoms with Crippen molar-refractivity contribution in [1.82, 2.24) is 10.3 Å². The Labute approximate surface area is 121 Å². The molecule has 2 aromatic rings. The maximum Gasteiger partial charge on any atom is 0.139 e. The molecule has 0 bridgehead atoms. The van der Waals surface area contributed by atoms with Crippen LogP contribution in [0.5, 0.6) is 5.75 Å². The Morgan fingerprint density at radius 2 is 2.21 bits per heavy atom. The summed E-state index contributed by atoms with van der Waals surface area (Å²) < 4.78 is 12.3. The van der Waals surface area contributed by atoms with Crippen molar-refractivity contribution in [3.8, 4) is 5.75 Å². The van der Waals surface area contributed by atoms with Gasteiger partial charge in [0.15, 0.2) is 0 Å². The first-order valence-corrected chi connectivity index (χ1v) is 7.00. The normalized spacial score (nSPS) is 10.7. The van der Waals surface area contributed by atoms with Crippen LogP contribution in [0.3, 0.4) is 0 Å². The van der Waals surface area contributed by atoms with E-state index in [2.05, 4.69) is 33.2 Å². The molecule has 0 fully saturated rings. The molecular formula is C14H17BrN2O2. The molecule has 0 aromatic carbocycles. The lowest BCUT2D eigenvalue weighted by Crippen LogP contribution is -2.10. The molecule has 5 heteroatoms. The van der Waals surface area contributed by atoms with E-state index in [1.807, 2.05) is 19.1 Å². The van der Waals surface area contributed by atoms with Crippen LogP contribution in [-0.4, -0.2) is 11.5 Å². The zero-order valence-corrected chi connectivity index (χ0v) is 12.7. The van der Waals surface area contributed by atoms with Crippen LogP contribution in [0.2, 0.25) is 0 Å². The molecular weight excluding hydrogens is 308 g/mol. The lowest BCUT2D eigenvalue weighted by molar-refractivity contribution is 0.301. The number of hydrogen-bond acceptors (Lipinski definition) is 4. The van der Waals surface area contributed by atoms with Crippen molar-refractivity contribution in [2.45, 2.75) is 27.0 Å². The number of pyridine rings is 1. The summed E-state index contributed by atoms with van der Waals surface area (Å²) in [6.45, 7) is 6.18. The number of nitrogens with zero attached hydrogens (tertiary/aromatic N) is 1. The van der Waals surface area contributed by atoms with Crippen LogP contribution in [0.4, 0.5) is 0 Å². The van der Waals surface area contributed by atoms with E-state index in [1.165, 1.54) is 0 Å². The van der Waals surface area contributed by atoms with E-state index in [0.29, 0.717) is 6.61 Å². The fourth-order valence-corrected chi connectivity index (χ4v) is 2.04. The van der Waals surface area contributed by atoms with Crippen molar-refractivity contribution in [2.75, 3.05) is 6.54 Å². The van der Waals surface area contributed by atoms with Crippen molar-refractivity contribution in [1.29, 1.82) is 0 Å². The fraction of sp³-hybridized carbons (Fsp3) is 0.357. The van der Waals surface area contributed by atoms with E-state index in [-0.39, 0.29) is 0 Å². The molecule has 2 heterocycles. The average molecular weight is 325 g/mol. The predicted molar refractivity (Wildman–Crippen MR) is 77.1 cm³/mol. The minimum absolute atomic E-state index is 0.486. The molecule has 0 amide bonds. The van der Waals surface area contributed by atoms with Gasteiger partial charge in [-0.1, -0.05) is 6.92 Å². The van der Waals surface area contributed by atoms with Crippen LogP contribution < -0.4 is 10.1 Å². The summed E-state index contributed by atoms with van der Waals surface area (Å²) >= 11 is 3.37. The first-order valence-electron chi connectivity index (χ1n) is 6.21. The summed E-state index contributed by atoms with van der Waals surface area (Å²) in [5.74, 6) is 2.57. The average Bonchev–Trinajstić information content (AvgIpc) is 2.75. The van der Waals surface area contributed by atoms with Crippen molar-refractivity contribution < 1.29 is 9.15 Å². The second kappa shape index (κ2) is 6.73. The Kier molecular flexibility index (Phi) is 4.99. The van der Waals surface area contributed by atoms with Gasteiger partial charge in [-0.25, -0.2) is 0 Å². The zero-order valence-electron chi connectivity index (χ0n) is 11.1. The van der Waals surface area contributed by atoms with Gasteiger partial charge in [-0.2, -0.15) is 0 Å².